The van der Waals surface area contributed by atoms with Crippen molar-refractivity contribution in [3.05, 3.63) is 29.6 Å². The number of phosphoric acid groups is 1. The maximum atomic E-state index is 10.4. The standard InChI is InChI=1S/C7H8NO6P/c9-7(10)6-2-1-5(3-8-6)4-14-15(11,12)13/h1-3H,4H2,(H,9,10)(H2,11,12,13). The number of phosphoric ester groups is 1. The van der Waals surface area contributed by atoms with E-state index in [0.717, 1.165) is 0 Å². The summed E-state index contributed by atoms with van der Waals surface area (Å²) in [7, 11) is -4.51. The Morgan fingerprint density at radius 2 is 2.13 bits per heavy atom. The smallest absolute Gasteiger partial charge is 0.469 e. The van der Waals surface area contributed by atoms with E-state index >= 15 is 0 Å². The maximum Gasteiger partial charge on any atom is 0.469 e. The van der Waals surface area contributed by atoms with Crippen LogP contribution >= 0.6 is 7.82 Å². The van der Waals surface area contributed by atoms with Gasteiger partial charge in [0, 0.05) is 6.20 Å². The van der Waals surface area contributed by atoms with Crippen LogP contribution < -0.4 is 0 Å². The Labute approximate surface area is 84.6 Å². The first-order valence-electron chi connectivity index (χ1n) is 3.77. The van der Waals surface area contributed by atoms with Crippen LogP contribution in [0.25, 0.3) is 0 Å². The monoisotopic (exact) mass is 233 g/mol. The minimum absolute atomic E-state index is 0.144. The van der Waals surface area contributed by atoms with E-state index in [1.165, 1.54) is 18.3 Å². The SMILES string of the molecule is O=C(O)c1ccc(COP(=O)(O)O)cn1. The first kappa shape index (κ1) is 11.8. The summed E-state index contributed by atoms with van der Waals surface area (Å²) in [6, 6.07) is 2.59. The van der Waals surface area contributed by atoms with Crippen LogP contribution in [0.5, 0.6) is 0 Å². The molecule has 8 heteroatoms. The van der Waals surface area contributed by atoms with Gasteiger partial charge in [0.25, 0.3) is 0 Å². The summed E-state index contributed by atoms with van der Waals surface area (Å²) in [6.45, 7) is -0.322. The van der Waals surface area contributed by atoms with Crippen LogP contribution in [-0.2, 0) is 15.7 Å². The van der Waals surface area contributed by atoms with E-state index in [1.807, 2.05) is 0 Å². The van der Waals surface area contributed by atoms with Gasteiger partial charge in [0.15, 0.2) is 0 Å². The highest BCUT2D eigenvalue weighted by Gasteiger charge is 2.13. The summed E-state index contributed by atoms with van der Waals surface area (Å²) in [6.07, 6.45) is 1.18. The van der Waals surface area contributed by atoms with Crippen LogP contribution in [-0.4, -0.2) is 25.8 Å². The molecule has 0 bridgehead atoms. The molecule has 1 aromatic heterocycles. The zero-order valence-corrected chi connectivity index (χ0v) is 8.29. The van der Waals surface area contributed by atoms with Crippen LogP contribution in [0.3, 0.4) is 0 Å². The van der Waals surface area contributed by atoms with Gasteiger partial charge < -0.3 is 14.9 Å². The predicted molar refractivity (Wildman–Crippen MR) is 48.0 cm³/mol. The van der Waals surface area contributed by atoms with E-state index in [4.69, 9.17) is 14.9 Å². The predicted octanol–water partition coefficient (Wildman–Crippen LogP) is 0.389. The molecule has 0 spiro atoms. The third-order valence-electron chi connectivity index (χ3n) is 1.44. The van der Waals surface area contributed by atoms with Crippen LogP contribution in [0.4, 0.5) is 0 Å². The normalized spacial score (nSPS) is 11.3. The van der Waals surface area contributed by atoms with E-state index in [1.54, 1.807) is 0 Å². The molecule has 7 nitrogen and oxygen atoms in total. The first-order chi connectivity index (χ1) is 6.88. The molecule has 0 amide bonds. The molecule has 0 fully saturated rings. The number of nitrogens with zero attached hydrogens (tertiary/aromatic N) is 1. The molecule has 0 unspecified atom stereocenters. The highest BCUT2D eigenvalue weighted by Crippen LogP contribution is 2.36. The molecule has 0 aromatic carbocycles. The fourth-order valence-electron chi connectivity index (χ4n) is 0.795. The molecular formula is C7H8NO6P. The molecule has 0 radical (unpaired) electrons. The van der Waals surface area contributed by atoms with Crippen molar-refractivity contribution in [2.75, 3.05) is 0 Å². The van der Waals surface area contributed by atoms with E-state index in [0.29, 0.717) is 5.56 Å². The number of rotatable bonds is 4. The van der Waals surface area contributed by atoms with E-state index in [9.17, 15) is 9.36 Å². The van der Waals surface area contributed by atoms with Crippen molar-refractivity contribution in [3.63, 3.8) is 0 Å². The van der Waals surface area contributed by atoms with Crippen LogP contribution in [0.2, 0.25) is 0 Å². The molecular weight excluding hydrogens is 225 g/mol. The number of aromatic nitrogens is 1. The Morgan fingerprint density at radius 1 is 1.47 bits per heavy atom. The number of carboxylic acids is 1. The Kier molecular flexibility index (Phi) is 3.54. The number of aromatic carboxylic acids is 1. The summed E-state index contributed by atoms with van der Waals surface area (Å²) in [5.41, 5.74) is 0.234. The molecule has 3 N–H and O–H groups in total. The van der Waals surface area contributed by atoms with Gasteiger partial charge >= 0.3 is 13.8 Å². The Hall–Kier alpha value is -1.27. The third kappa shape index (κ3) is 4.18. The summed E-state index contributed by atoms with van der Waals surface area (Å²) in [4.78, 5) is 30.7. The van der Waals surface area contributed by atoms with Crippen LogP contribution in [0.15, 0.2) is 18.3 Å². The molecule has 1 aromatic rings. The van der Waals surface area contributed by atoms with Crippen molar-refractivity contribution in [2.24, 2.45) is 0 Å². The fraction of sp³-hybridized carbons (Fsp3) is 0.143. The zero-order chi connectivity index (χ0) is 11.5. The second-order valence-electron chi connectivity index (χ2n) is 2.62. The van der Waals surface area contributed by atoms with E-state index in [-0.39, 0.29) is 12.3 Å². The fourth-order valence-corrected chi connectivity index (χ4v) is 1.11. The van der Waals surface area contributed by atoms with Gasteiger partial charge in [-0.15, -0.1) is 0 Å². The molecule has 0 saturated carbocycles. The van der Waals surface area contributed by atoms with Crippen LogP contribution in [0.1, 0.15) is 16.1 Å². The number of carbonyl (C=O) groups is 1. The summed E-state index contributed by atoms with van der Waals surface area (Å²) < 4.78 is 14.5. The lowest BCUT2D eigenvalue weighted by molar-refractivity contribution is 0.0690. The second kappa shape index (κ2) is 4.50. The minimum Gasteiger partial charge on any atom is -0.477 e. The number of hydrogen-bond donors (Lipinski definition) is 3. The Morgan fingerprint density at radius 3 is 2.53 bits per heavy atom. The topological polar surface area (TPSA) is 117 Å². The van der Waals surface area contributed by atoms with Gasteiger partial charge in [0.2, 0.25) is 0 Å². The molecule has 82 valence electrons. The quantitative estimate of drug-likeness (QED) is 0.643. The number of pyridine rings is 1. The van der Waals surface area contributed by atoms with Crippen molar-refractivity contribution in [3.8, 4) is 0 Å². The van der Waals surface area contributed by atoms with Crippen molar-refractivity contribution >= 4 is 13.8 Å². The number of carboxylic acid groups (broad SMARTS) is 1. The average molecular weight is 233 g/mol. The zero-order valence-electron chi connectivity index (χ0n) is 7.40. The molecule has 1 heterocycles. The largest absolute Gasteiger partial charge is 0.477 e. The maximum absolute atomic E-state index is 10.4. The van der Waals surface area contributed by atoms with E-state index in [2.05, 4.69) is 9.51 Å². The highest BCUT2D eigenvalue weighted by atomic mass is 31.2. The van der Waals surface area contributed by atoms with Crippen molar-refractivity contribution in [1.82, 2.24) is 4.98 Å². The molecule has 0 aliphatic heterocycles. The second-order valence-corrected chi connectivity index (χ2v) is 3.86. The van der Waals surface area contributed by atoms with Crippen molar-refractivity contribution < 1.29 is 28.8 Å². The van der Waals surface area contributed by atoms with Gasteiger partial charge in [-0.25, -0.2) is 14.3 Å². The molecule has 0 aliphatic carbocycles. The first-order valence-corrected chi connectivity index (χ1v) is 5.30. The van der Waals surface area contributed by atoms with Crippen LogP contribution in [0, 0.1) is 0 Å². The lowest BCUT2D eigenvalue weighted by Crippen LogP contribution is -2.00. The van der Waals surface area contributed by atoms with Crippen molar-refractivity contribution in [2.45, 2.75) is 6.61 Å². The lowest BCUT2D eigenvalue weighted by atomic mass is 10.2. The molecule has 0 aliphatic rings. The van der Waals surface area contributed by atoms with Gasteiger partial charge in [-0.1, -0.05) is 6.07 Å². The molecule has 0 saturated heterocycles. The summed E-state index contributed by atoms with van der Waals surface area (Å²) >= 11 is 0. The van der Waals surface area contributed by atoms with Crippen molar-refractivity contribution in [1.29, 1.82) is 0 Å². The molecule has 1 rings (SSSR count). The molecule has 15 heavy (non-hydrogen) atoms. The number of hydrogen-bond acceptors (Lipinski definition) is 4. The summed E-state index contributed by atoms with van der Waals surface area (Å²) in [5, 5.41) is 8.52. The van der Waals surface area contributed by atoms with Gasteiger partial charge in [-0.2, -0.15) is 0 Å². The Bertz CT molecular complexity index is 396. The van der Waals surface area contributed by atoms with Gasteiger partial charge in [-0.05, 0) is 11.6 Å². The lowest BCUT2D eigenvalue weighted by Gasteiger charge is -2.04. The highest BCUT2D eigenvalue weighted by molar-refractivity contribution is 7.46. The van der Waals surface area contributed by atoms with Gasteiger partial charge in [-0.3, -0.25) is 4.52 Å². The average Bonchev–Trinajstić information content (AvgIpc) is 2.14. The third-order valence-corrected chi connectivity index (χ3v) is 1.91. The minimum atomic E-state index is -4.51. The van der Waals surface area contributed by atoms with Gasteiger partial charge in [0.05, 0.1) is 6.61 Å². The molecule has 0 atom stereocenters. The Balaban J connectivity index is 2.65. The van der Waals surface area contributed by atoms with E-state index < -0.39 is 13.8 Å². The summed E-state index contributed by atoms with van der Waals surface area (Å²) in [5.74, 6) is -1.17. The van der Waals surface area contributed by atoms with Gasteiger partial charge in [0.1, 0.15) is 5.69 Å².